The number of rotatable bonds is 1. The maximum absolute atomic E-state index is 9.71. The van der Waals surface area contributed by atoms with E-state index in [9.17, 15) is 5.11 Å². The van der Waals surface area contributed by atoms with Gasteiger partial charge < -0.3 is 21.1 Å². The van der Waals surface area contributed by atoms with Gasteiger partial charge in [-0.2, -0.15) is 0 Å². The lowest BCUT2D eigenvalue weighted by atomic mass is 10.0. The van der Waals surface area contributed by atoms with Gasteiger partial charge in [-0.3, -0.25) is 0 Å². The van der Waals surface area contributed by atoms with E-state index in [-0.39, 0.29) is 0 Å². The molecular formula is C14H20N4O. The van der Waals surface area contributed by atoms with Gasteiger partial charge in [-0.05, 0) is 39.3 Å². The monoisotopic (exact) mass is 260 g/mol. The van der Waals surface area contributed by atoms with Crippen molar-refractivity contribution in [1.29, 1.82) is 0 Å². The Labute approximate surface area is 113 Å². The average molecular weight is 260 g/mol. The molecule has 2 atom stereocenters. The summed E-state index contributed by atoms with van der Waals surface area (Å²) >= 11 is 0. The molecule has 0 amide bonds. The summed E-state index contributed by atoms with van der Waals surface area (Å²) in [5, 5.41) is 12.7. The SMILES string of the molecule is CC(C)N1c2ccc3c(c2CC1C)NC(O)N=C3N. The van der Waals surface area contributed by atoms with E-state index in [0.29, 0.717) is 17.9 Å². The van der Waals surface area contributed by atoms with Crippen molar-refractivity contribution in [1.82, 2.24) is 0 Å². The third kappa shape index (κ3) is 1.76. The molecule has 0 saturated carbocycles. The van der Waals surface area contributed by atoms with Gasteiger partial charge in [-0.25, -0.2) is 4.99 Å². The summed E-state index contributed by atoms with van der Waals surface area (Å²) in [5.41, 5.74) is 10.2. The van der Waals surface area contributed by atoms with Crippen LogP contribution in [0.3, 0.4) is 0 Å². The first-order chi connectivity index (χ1) is 8.99. The Morgan fingerprint density at radius 3 is 2.89 bits per heavy atom. The molecule has 2 aliphatic heterocycles. The lowest BCUT2D eigenvalue weighted by Crippen LogP contribution is -2.35. The van der Waals surface area contributed by atoms with Gasteiger partial charge in [0.1, 0.15) is 5.84 Å². The molecule has 0 fully saturated rings. The summed E-state index contributed by atoms with van der Waals surface area (Å²) in [6, 6.07) is 5.01. The molecule has 19 heavy (non-hydrogen) atoms. The molecule has 4 N–H and O–H groups in total. The van der Waals surface area contributed by atoms with E-state index in [0.717, 1.165) is 17.7 Å². The molecule has 1 aromatic rings. The van der Waals surface area contributed by atoms with Crippen LogP contribution in [0.25, 0.3) is 0 Å². The van der Waals surface area contributed by atoms with Crippen LogP contribution in [0, 0.1) is 0 Å². The first-order valence-electron chi connectivity index (χ1n) is 6.71. The van der Waals surface area contributed by atoms with Gasteiger partial charge in [0.05, 0.1) is 5.69 Å². The second kappa shape index (κ2) is 4.13. The van der Waals surface area contributed by atoms with Crippen molar-refractivity contribution in [3.8, 4) is 0 Å². The maximum atomic E-state index is 9.71. The van der Waals surface area contributed by atoms with Gasteiger partial charge in [0.15, 0.2) is 0 Å². The lowest BCUT2D eigenvalue weighted by Gasteiger charge is -2.30. The van der Waals surface area contributed by atoms with E-state index in [4.69, 9.17) is 5.73 Å². The van der Waals surface area contributed by atoms with Crippen LogP contribution in [0.5, 0.6) is 0 Å². The Morgan fingerprint density at radius 1 is 1.47 bits per heavy atom. The van der Waals surface area contributed by atoms with Gasteiger partial charge in [-0.15, -0.1) is 0 Å². The van der Waals surface area contributed by atoms with Gasteiger partial charge >= 0.3 is 0 Å². The first kappa shape index (κ1) is 12.3. The minimum absolute atomic E-state index is 0.403. The Balaban J connectivity index is 2.14. The number of anilines is 2. The predicted molar refractivity (Wildman–Crippen MR) is 77.6 cm³/mol. The smallest absolute Gasteiger partial charge is 0.225 e. The quantitative estimate of drug-likeness (QED) is 0.710. The Kier molecular flexibility index (Phi) is 2.67. The number of aliphatic hydroxyl groups excluding tert-OH is 1. The molecule has 0 bridgehead atoms. The Morgan fingerprint density at radius 2 is 2.21 bits per heavy atom. The Bertz CT molecular complexity index is 553. The van der Waals surface area contributed by atoms with Crippen molar-refractivity contribution in [2.45, 2.75) is 45.6 Å². The van der Waals surface area contributed by atoms with E-state index in [1.807, 2.05) is 6.07 Å². The molecule has 2 aliphatic rings. The van der Waals surface area contributed by atoms with E-state index >= 15 is 0 Å². The standard InChI is InChI=1S/C14H20N4O/c1-7(2)18-8(3)6-10-11(18)5-4-9-12(10)16-14(19)17-13(9)15/h4-5,7-8,14,16,19H,6H2,1-3H3,(H2,15,17). The fraction of sp³-hybridized carbons (Fsp3) is 0.500. The van der Waals surface area contributed by atoms with Crippen molar-refractivity contribution in [2.75, 3.05) is 10.2 Å². The van der Waals surface area contributed by atoms with Crippen molar-refractivity contribution < 1.29 is 5.11 Å². The van der Waals surface area contributed by atoms with Crippen LogP contribution in [-0.4, -0.2) is 29.4 Å². The van der Waals surface area contributed by atoms with Crippen LogP contribution in [0.4, 0.5) is 11.4 Å². The molecule has 0 spiro atoms. The minimum atomic E-state index is -0.942. The van der Waals surface area contributed by atoms with Gasteiger partial charge in [0, 0.05) is 28.9 Å². The van der Waals surface area contributed by atoms with E-state index in [1.165, 1.54) is 11.3 Å². The van der Waals surface area contributed by atoms with Crippen LogP contribution in [-0.2, 0) is 6.42 Å². The normalized spacial score (nSPS) is 24.9. The highest BCUT2D eigenvalue weighted by Gasteiger charge is 2.32. The molecular weight excluding hydrogens is 240 g/mol. The summed E-state index contributed by atoms with van der Waals surface area (Å²) < 4.78 is 0. The lowest BCUT2D eigenvalue weighted by molar-refractivity contribution is 0.213. The number of amidine groups is 1. The van der Waals surface area contributed by atoms with Crippen molar-refractivity contribution in [3.63, 3.8) is 0 Å². The number of hydrogen-bond acceptors (Lipinski definition) is 5. The van der Waals surface area contributed by atoms with Crippen molar-refractivity contribution in [2.24, 2.45) is 10.7 Å². The third-order valence-electron chi connectivity index (χ3n) is 3.91. The molecule has 1 aromatic carbocycles. The summed E-state index contributed by atoms with van der Waals surface area (Å²) in [4.78, 5) is 6.36. The number of hydrogen-bond donors (Lipinski definition) is 3. The Hall–Kier alpha value is -1.75. The summed E-state index contributed by atoms with van der Waals surface area (Å²) in [6.45, 7) is 6.62. The highest BCUT2D eigenvalue weighted by Crippen LogP contribution is 2.41. The van der Waals surface area contributed by atoms with Gasteiger partial charge in [0.2, 0.25) is 6.35 Å². The first-order valence-corrected chi connectivity index (χ1v) is 6.71. The van der Waals surface area contributed by atoms with Crippen LogP contribution < -0.4 is 16.0 Å². The van der Waals surface area contributed by atoms with E-state index in [2.05, 4.69) is 42.0 Å². The number of nitrogens with two attached hydrogens (primary N) is 1. The second-order valence-corrected chi connectivity index (χ2v) is 5.57. The molecule has 102 valence electrons. The highest BCUT2D eigenvalue weighted by atomic mass is 16.3. The average Bonchev–Trinajstić information content (AvgIpc) is 2.65. The zero-order valence-electron chi connectivity index (χ0n) is 11.5. The van der Waals surface area contributed by atoms with Crippen LogP contribution in [0.1, 0.15) is 31.9 Å². The fourth-order valence-electron chi connectivity index (χ4n) is 3.24. The summed E-state index contributed by atoms with van der Waals surface area (Å²) in [5.74, 6) is 0.403. The van der Waals surface area contributed by atoms with Crippen molar-refractivity contribution >= 4 is 17.2 Å². The molecule has 2 heterocycles. The molecule has 0 saturated heterocycles. The second-order valence-electron chi connectivity index (χ2n) is 5.57. The molecule has 3 rings (SSSR count). The number of nitrogens with zero attached hydrogens (tertiary/aromatic N) is 2. The molecule has 0 radical (unpaired) electrons. The molecule has 5 heteroatoms. The largest absolute Gasteiger partial charge is 0.383 e. The molecule has 2 unspecified atom stereocenters. The van der Waals surface area contributed by atoms with Gasteiger partial charge in [-0.1, -0.05) is 0 Å². The van der Waals surface area contributed by atoms with Gasteiger partial charge in [0.25, 0.3) is 0 Å². The topological polar surface area (TPSA) is 73.9 Å². The number of benzene rings is 1. The fourth-order valence-corrected chi connectivity index (χ4v) is 3.24. The number of fused-ring (bicyclic) bond motifs is 3. The maximum Gasteiger partial charge on any atom is 0.225 e. The zero-order chi connectivity index (χ0) is 13.7. The minimum Gasteiger partial charge on any atom is -0.383 e. The highest BCUT2D eigenvalue weighted by molar-refractivity contribution is 6.05. The zero-order valence-corrected chi connectivity index (χ0v) is 11.5. The number of aliphatic imine (C=N–C) groups is 1. The van der Waals surface area contributed by atoms with E-state index < -0.39 is 6.35 Å². The number of nitrogens with one attached hydrogen (secondary N) is 1. The van der Waals surface area contributed by atoms with Crippen molar-refractivity contribution in [3.05, 3.63) is 23.3 Å². The molecule has 0 aliphatic carbocycles. The molecule has 5 nitrogen and oxygen atoms in total. The number of aliphatic hydroxyl groups is 1. The summed E-state index contributed by atoms with van der Waals surface area (Å²) in [6.07, 6.45) is 0.0198. The van der Waals surface area contributed by atoms with Crippen LogP contribution >= 0.6 is 0 Å². The van der Waals surface area contributed by atoms with Crippen LogP contribution in [0.2, 0.25) is 0 Å². The predicted octanol–water partition coefficient (Wildman–Crippen LogP) is 1.25. The third-order valence-corrected chi connectivity index (χ3v) is 3.91. The van der Waals surface area contributed by atoms with E-state index in [1.54, 1.807) is 0 Å². The summed E-state index contributed by atoms with van der Waals surface area (Å²) in [7, 11) is 0. The van der Waals surface area contributed by atoms with Crippen LogP contribution in [0.15, 0.2) is 17.1 Å². The molecule has 0 aromatic heterocycles.